The first kappa shape index (κ1) is 8.59. The van der Waals surface area contributed by atoms with Gasteiger partial charge < -0.3 is 0 Å². The number of aromatic nitrogens is 2. The summed E-state index contributed by atoms with van der Waals surface area (Å²) in [5.74, 6) is -0.274. The Hall–Kier alpha value is -1.71. The highest BCUT2D eigenvalue weighted by Crippen LogP contribution is 2.31. The largest absolute Gasteiger partial charge is 0.294 e. The third-order valence-corrected chi connectivity index (χ3v) is 2.86. The Labute approximate surface area is 85.5 Å². The fourth-order valence-corrected chi connectivity index (χ4v) is 2.22. The summed E-state index contributed by atoms with van der Waals surface area (Å²) in [6.07, 6.45) is 2.71. The maximum Gasteiger partial charge on any atom is 0.164 e. The lowest BCUT2D eigenvalue weighted by atomic mass is 10.1. The lowest BCUT2D eigenvalue weighted by Crippen LogP contribution is -1.94. The summed E-state index contributed by atoms with van der Waals surface area (Å²) in [5.41, 5.74) is 1.66. The molecule has 4 heteroatoms. The number of aryl methyl sites for hydroxylation is 1. The molecule has 0 spiro atoms. The Bertz CT molecular complexity index is 586. The van der Waals surface area contributed by atoms with Gasteiger partial charge in [-0.3, -0.25) is 9.48 Å². The van der Waals surface area contributed by atoms with Gasteiger partial charge in [-0.2, -0.15) is 5.10 Å². The molecule has 76 valence electrons. The monoisotopic (exact) mass is 204 g/mol. The van der Waals surface area contributed by atoms with E-state index in [2.05, 4.69) is 5.10 Å². The second-order valence-corrected chi connectivity index (χ2v) is 3.87. The number of fused-ring (bicyclic) bond motifs is 3. The zero-order chi connectivity index (χ0) is 10.6. The maximum atomic E-state index is 13.6. The van der Waals surface area contributed by atoms with Gasteiger partial charge in [0.15, 0.2) is 5.78 Å². The average Bonchev–Trinajstić information content (AvgIpc) is 2.69. The number of hydrogen-bond donors (Lipinski definition) is 0. The second kappa shape index (κ2) is 2.66. The summed E-state index contributed by atoms with van der Waals surface area (Å²) in [7, 11) is 1.77. The van der Waals surface area contributed by atoms with E-state index in [-0.39, 0.29) is 11.6 Å². The lowest BCUT2D eigenvalue weighted by molar-refractivity contribution is 0.0996. The van der Waals surface area contributed by atoms with Crippen molar-refractivity contribution in [2.24, 2.45) is 7.05 Å². The van der Waals surface area contributed by atoms with Gasteiger partial charge in [-0.25, -0.2) is 4.39 Å². The molecule has 0 radical (unpaired) electrons. The van der Waals surface area contributed by atoms with Crippen LogP contribution in [0.2, 0.25) is 0 Å². The molecule has 0 fully saturated rings. The van der Waals surface area contributed by atoms with Crippen molar-refractivity contribution < 1.29 is 9.18 Å². The number of Topliss-reactive ketones (excluding diaryl/α,β-unsaturated/α-hetero) is 1. The molecule has 1 aliphatic rings. The zero-order valence-corrected chi connectivity index (χ0v) is 8.25. The zero-order valence-electron chi connectivity index (χ0n) is 8.25. The summed E-state index contributed by atoms with van der Waals surface area (Å²) >= 11 is 0. The van der Waals surface area contributed by atoms with Crippen LogP contribution in [-0.2, 0) is 13.5 Å². The Morgan fingerprint density at radius 3 is 3.07 bits per heavy atom. The minimum atomic E-state index is -0.304. The van der Waals surface area contributed by atoms with Crippen molar-refractivity contribution in [1.82, 2.24) is 9.78 Å². The molecule has 0 saturated carbocycles. The first-order valence-electron chi connectivity index (χ1n) is 4.85. The highest BCUT2D eigenvalue weighted by atomic mass is 19.1. The second-order valence-electron chi connectivity index (χ2n) is 3.87. The number of halogens is 1. The van der Waals surface area contributed by atoms with Gasteiger partial charge in [0, 0.05) is 36.7 Å². The van der Waals surface area contributed by atoms with E-state index in [4.69, 9.17) is 0 Å². The Morgan fingerprint density at radius 2 is 2.27 bits per heavy atom. The van der Waals surface area contributed by atoms with E-state index in [9.17, 15) is 9.18 Å². The van der Waals surface area contributed by atoms with E-state index in [1.54, 1.807) is 17.9 Å². The molecule has 1 heterocycles. The van der Waals surface area contributed by atoms with E-state index in [1.807, 2.05) is 0 Å². The molecule has 1 aromatic carbocycles. The van der Waals surface area contributed by atoms with Crippen LogP contribution < -0.4 is 0 Å². The van der Waals surface area contributed by atoms with Crippen molar-refractivity contribution in [2.45, 2.75) is 12.8 Å². The van der Waals surface area contributed by atoms with Gasteiger partial charge in [0.1, 0.15) is 5.82 Å². The minimum Gasteiger partial charge on any atom is -0.294 e. The molecule has 0 saturated heterocycles. The standard InChI is InChI=1S/C11H9FN2O/c1-14-5-7-9(13-14)4-8(12)6-2-3-10(15)11(6)7/h4-5H,2-3H2,1H3. The quantitative estimate of drug-likeness (QED) is 0.656. The van der Waals surface area contributed by atoms with Crippen LogP contribution in [0, 0.1) is 5.82 Å². The first-order chi connectivity index (χ1) is 7.16. The molecule has 0 atom stereocenters. The molecule has 0 N–H and O–H groups in total. The fourth-order valence-electron chi connectivity index (χ4n) is 2.22. The molecule has 0 aliphatic heterocycles. The maximum absolute atomic E-state index is 13.6. The molecule has 3 rings (SSSR count). The van der Waals surface area contributed by atoms with Gasteiger partial charge in [0.05, 0.1) is 5.52 Å². The third kappa shape index (κ3) is 1.04. The number of rotatable bonds is 0. The van der Waals surface area contributed by atoms with Gasteiger partial charge >= 0.3 is 0 Å². The molecule has 0 bridgehead atoms. The van der Waals surface area contributed by atoms with Crippen molar-refractivity contribution in [3.8, 4) is 0 Å². The van der Waals surface area contributed by atoms with Crippen LogP contribution in [0.4, 0.5) is 4.39 Å². The molecule has 2 aromatic rings. The van der Waals surface area contributed by atoms with E-state index < -0.39 is 0 Å². The Balaban J connectivity index is 2.49. The fraction of sp³-hybridized carbons (Fsp3) is 0.273. The van der Waals surface area contributed by atoms with Crippen LogP contribution in [-0.4, -0.2) is 15.6 Å². The number of nitrogens with zero attached hydrogens (tertiary/aromatic N) is 2. The van der Waals surface area contributed by atoms with Gasteiger partial charge in [-0.1, -0.05) is 0 Å². The van der Waals surface area contributed by atoms with E-state index in [0.717, 1.165) is 5.39 Å². The van der Waals surface area contributed by atoms with E-state index in [0.29, 0.717) is 29.5 Å². The first-order valence-corrected chi connectivity index (χ1v) is 4.85. The van der Waals surface area contributed by atoms with Gasteiger partial charge in [-0.15, -0.1) is 0 Å². The molecule has 0 amide bonds. The van der Waals surface area contributed by atoms with Crippen molar-refractivity contribution in [2.75, 3.05) is 0 Å². The van der Waals surface area contributed by atoms with Gasteiger partial charge in [0.25, 0.3) is 0 Å². The molecule has 15 heavy (non-hydrogen) atoms. The van der Waals surface area contributed by atoms with Crippen molar-refractivity contribution in [3.05, 3.63) is 29.2 Å². The lowest BCUT2D eigenvalue weighted by Gasteiger charge is -1.99. The molecule has 1 aromatic heterocycles. The normalized spacial score (nSPS) is 14.9. The van der Waals surface area contributed by atoms with Crippen molar-refractivity contribution >= 4 is 16.7 Å². The SMILES string of the molecule is Cn1cc2c3c(c(F)cc2n1)CCC3=O. The van der Waals surface area contributed by atoms with Gasteiger partial charge in [0.2, 0.25) is 0 Å². The van der Waals surface area contributed by atoms with E-state index in [1.165, 1.54) is 6.07 Å². The van der Waals surface area contributed by atoms with Crippen LogP contribution in [0.1, 0.15) is 22.3 Å². The Morgan fingerprint density at radius 1 is 1.47 bits per heavy atom. The van der Waals surface area contributed by atoms with Crippen LogP contribution in [0.5, 0.6) is 0 Å². The number of hydrogen-bond acceptors (Lipinski definition) is 2. The molecule has 3 nitrogen and oxygen atoms in total. The topological polar surface area (TPSA) is 34.9 Å². The summed E-state index contributed by atoms with van der Waals surface area (Å²) in [4.78, 5) is 11.6. The number of carbonyl (C=O) groups excluding carboxylic acids is 1. The summed E-state index contributed by atoms with van der Waals surface area (Å²) < 4.78 is 15.2. The van der Waals surface area contributed by atoms with E-state index >= 15 is 0 Å². The minimum absolute atomic E-state index is 0.0301. The summed E-state index contributed by atoms with van der Waals surface area (Å²) in [6.45, 7) is 0. The smallest absolute Gasteiger partial charge is 0.164 e. The summed E-state index contributed by atoms with van der Waals surface area (Å²) in [6, 6.07) is 1.41. The number of ketones is 1. The van der Waals surface area contributed by atoms with Crippen molar-refractivity contribution in [3.63, 3.8) is 0 Å². The Kier molecular flexibility index (Phi) is 1.52. The predicted octanol–water partition coefficient (Wildman–Crippen LogP) is 1.84. The summed E-state index contributed by atoms with van der Waals surface area (Å²) in [5, 5.41) is 4.88. The number of carbonyl (C=O) groups is 1. The average molecular weight is 204 g/mol. The van der Waals surface area contributed by atoms with Crippen LogP contribution >= 0.6 is 0 Å². The highest BCUT2D eigenvalue weighted by molar-refractivity contribution is 6.10. The molecular weight excluding hydrogens is 195 g/mol. The highest BCUT2D eigenvalue weighted by Gasteiger charge is 2.26. The van der Waals surface area contributed by atoms with Gasteiger partial charge in [-0.05, 0) is 12.0 Å². The third-order valence-electron chi connectivity index (χ3n) is 2.86. The van der Waals surface area contributed by atoms with Crippen molar-refractivity contribution in [1.29, 1.82) is 0 Å². The van der Waals surface area contributed by atoms with Crippen LogP contribution in [0.25, 0.3) is 10.9 Å². The number of benzene rings is 1. The predicted molar refractivity (Wildman–Crippen MR) is 53.3 cm³/mol. The molecule has 1 aliphatic carbocycles. The van der Waals surface area contributed by atoms with Crippen LogP contribution in [0.15, 0.2) is 12.3 Å². The van der Waals surface area contributed by atoms with Crippen LogP contribution in [0.3, 0.4) is 0 Å². The molecular formula is C11H9FN2O. The molecule has 0 unspecified atom stereocenters.